The molecule has 2 heterocycles. The van der Waals surface area contributed by atoms with Gasteiger partial charge in [0.1, 0.15) is 11.6 Å². The molecule has 160 valence electrons. The number of hydrogen-bond acceptors (Lipinski definition) is 8. The van der Waals surface area contributed by atoms with E-state index >= 15 is 0 Å². The average molecular weight is 419 g/mol. The number of nitrogens with zero attached hydrogens (tertiary/aromatic N) is 3. The largest absolute Gasteiger partial charge is 0.494 e. The summed E-state index contributed by atoms with van der Waals surface area (Å²) in [4.78, 5) is 23.2. The third-order valence-electron chi connectivity index (χ3n) is 5.01. The Balaban J connectivity index is 1.59. The lowest BCUT2D eigenvalue weighted by Gasteiger charge is -2.29. The Morgan fingerprint density at radius 2 is 1.87 bits per heavy atom. The molecular weight excluding hydrogens is 394 g/mol. The zero-order valence-electron chi connectivity index (χ0n) is 17.6. The minimum absolute atomic E-state index is 0.113. The van der Waals surface area contributed by atoms with E-state index in [0.29, 0.717) is 23.1 Å². The van der Waals surface area contributed by atoms with Gasteiger partial charge in [-0.05, 0) is 31.2 Å². The van der Waals surface area contributed by atoms with E-state index in [1.54, 1.807) is 7.11 Å². The molecule has 1 aromatic heterocycles. The third-order valence-corrected chi connectivity index (χ3v) is 5.01. The molecule has 2 N–H and O–H groups in total. The first-order valence-corrected chi connectivity index (χ1v) is 10.1. The normalized spacial score (nSPS) is 13.5. The van der Waals surface area contributed by atoms with Crippen molar-refractivity contribution in [3.05, 3.63) is 60.3 Å². The number of para-hydroxylation sites is 1. The zero-order chi connectivity index (χ0) is 21.6. The summed E-state index contributed by atoms with van der Waals surface area (Å²) < 4.78 is 11.0. The summed E-state index contributed by atoms with van der Waals surface area (Å²) in [6.45, 7) is 4.63. The van der Waals surface area contributed by atoms with Crippen LogP contribution in [0.25, 0.3) is 0 Å². The van der Waals surface area contributed by atoms with Crippen molar-refractivity contribution < 1.29 is 14.3 Å². The van der Waals surface area contributed by atoms with Crippen molar-refractivity contribution in [3.8, 4) is 5.75 Å². The number of morpholine rings is 1. The fourth-order valence-corrected chi connectivity index (χ4v) is 3.38. The van der Waals surface area contributed by atoms with Crippen molar-refractivity contribution >= 4 is 34.6 Å². The maximum atomic E-state index is 12.0. The predicted octanol–water partition coefficient (Wildman–Crippen LogP) is 4.01. The summed E-state index contributed by atoms with van der Waals surface area (Å²) in [7, 11) is 1.63. The van der Waals surface area contributed by atoms with Gasteiger partial charge in [-0.3, -0.25) is 4.79 Å². The smallest absolute Gasteiger partial charge is 0.229 e. The van der Waals surface area contributed by atoms with Crippen LogP contribution in [-0.4, -0.2) is 49.2 Å². The maximum Gasteiger partial charge on any atom is 0.229 e. The van der Waals surface area contributed by atoms with E-state index in [-0.39, 0.29) is 5.78 Å². The van der Waals surface area contributed by atoms with Gasteiger partial charge in [0.2, 0.25) is 5.95 Å². The van der Waals surface area contributed by atoms with Gasteiger partial charge in [-0.2, -0.15) is 4.98 Å². The number of benzene rings is 2. The van der Waals surface area contributed by atoms with Gasteiger partial charge in [-0.15, -0.1) is 0 Å². The van der Waals surface area contributed by atoms with Gasteiger partial charge in [0.15, 0.2) is 5.78 Å². The van der Waals surface area contributed by atoms with Gasteiger partial charge in [0, 0.05) is 36.7 Å². The maximum absolute atomic E-state index is 12.0. The quantitative estimate of drug-likeness (QED) is 0.556. The van der Waals surface area contributed by atoms with Crippen LogP contribution >= 0.6 is 0 Å². The van der Waals surface area contributed by atoms with E-state index in [9.17, 15) is 4.79 Å². The van der Waals surface area contributed by atoms with Crippen molar-refractivity contribution in [1.29, 1.82) is 0 Å². The highest BCUT2D eigenvalue weighted by atomic mass is 16.5. The van der Waals surface area contributed by atoms with Gasteiger partial charge in [-0.1, -0.05) is 18.2 Å². The van der Waals surface area contributed by atoms with E-state index in [2.05, 4.69) is 25.5 Å². The first-order valence-electron chi connectivity index (χ1n) is 10.1. The standard InChI is InChI=1S/C23H25N5O3/c1-16(29)19-15-24-23(27-22(19)25-17-6-4-3-5-7-17)26-20-9-8-18(14-21(20)30-2)28-10-12-31-13-11-28/h3-9,14-15H,10-13H2,1-2H3,(H2,24,25,26,27). The molecule has 0 bridgehead atoms. The number of carbonyl (C=O) groups is 1. The van der Waals surface area contributed by atoms with Gasteiger partial charge >= 0.3 is 0 Å². The molecule has 0 saturated carbocycles. The second kappa shape index (κ2) is 9.44. The SMILES string of the molecule is COc1cc(N2CCOCC2)ccc1Nc1ncc(C(C)=O)c(Nc2ccccc2)n1. The molecule has 1 saturated heterocycles. The van der Waals surface area contributed by atoms with E-state index in [4.69, 9.17) is 9.47 Å². The molecule has 0 aliphatic carbocycles. The van der Waals surface area contributed by atoms with Crippen LogP contribution in [0.4, 0.5) is 28.8 Å². The van der Waals surface area contributed by atoms with Crippen molar-refractivity contribution in [2.24, 2.45) is 0 Å². The number of methoxy groups -OCH3 is 1. The van der Waals surface area contributed by atoms with Gasteiger partial charge in [0.25, 0.3) is 0 Å². The molecule has 2 aromatic carbocycles. The van der Waals surface area contributed by atoms with Crippen LogP contribution in [-0.2, 0) is 4.74 Å². The molecule has 1 aliphatic rings. The van der Waals surface area contributed by atoms with Crippen LogP contribution in [0.2, 0.25) is 0 Å². The van der Waals surface area contributed by atoms with Crippen molar-refractivity contribution in [2.75, 3.05) is 48.9 Å². The Hall–Kier alpha value is -3.65. The van der Waals surface area contributed by atoms with Gasteiger partial charge in [0.05, 0.1) is 31.6 Å². The highest BCUT2D eigenvalue weighted by molar-refractivity contribution is 5.99. The van der Waals surface area contributed by atoms with Crippen molar-refractivity contribution in [1.82, 2.24) is 9.97 Å². The highest BCUT2D eigenvalue weighted by Crippen LogP contribution is 2.32. The topological polar surface area (TPSA) is 88.6 Å². The number of ketones is 1. The fourth-order valence-electron chi connectivity index (χ4n) is 3.38. The third kappa shape index (κ3) is 4.92. The molecular formula is C23H25N5O3. The Morgan fingerprint density at radius 1 is 1.10 bits per heavy atom. The Kier molecular flexibility index (Phi) is 6.28. The van der Waals surface area contributed by atoms with Crippen molar-refractivity contribution in [2.45, 2.75) is 6.92 Å². The van der Waals surface area contributed by atoms with Crippen LogP contribution in [0.1, 0.15) is 17.3 Å². The van der Waals surface area contributed by atoms with E-state index < -0.39 is 0 Å². The first kappa shape index (κ1) is 20.6. The number of ether oxygens (including phenoxy) is 2. The lowest BCUT2D eigenvalue weighted by atomic mass is 10.2. The number of carbonyl (C=O) groups excluding carboxylic acids is 1. The van der Waals surface area contributed by atoms with E-state index in [1.807, 2.05) is 48.5 Å². The highest BCUT2D eigenvalue weighted by Gasteiger charge is 2.16. The minimum atomic E-state index is -0.113. The number of rotatable bonds is 7. The number of hydrogen-bond donors (Lipinski definition) is 2. The Morgan fingerprint density at radius 3 is 2.58 bits per heavy atom. The van der Waals surface area contributed by atoms with E-state index in [0.717, 1.165) is 43.4 Å². The fraction of sp³-hybridized carbons (Fsp3) is 0.261. The molecule has 0 atom stereocenters. The van der Waals surface area contributed by atoms with Crippen LogP contribution in [0.3, 0.4) is 0 Å². The number of aromatic nitrogens is 2. The van der Waals surface area contributed by atoms with Crippen LogP contribution in [0.5, 0.6) is 5.75 Å². The lowest BCUT2D eigenvalue weighted by molar-refractivity contribution is 0.101. The molecule has 4 rings (SSSR count). The van der Waals surface area contributed by atoms with Gasteiger partial charge in [-0.25, -0.2) is 4.98 Å². The Labute approximate surface area is 181 Å². The molecule has 0 unspecified atom stereocenters. The predicted molar refractivity (Wildman–Crippen MR) is 121 cm³/mol. The van der Waals surface area contributed by atoms with Crippen LogP contribution in [0, 0.1) is 0 Å². The van der Waals surface area contributed by atoms with Crippen molar-refractivity contribution in [3.63, 3.8) is 0 Å². The summed E-state index contributed by atoms with van der Waals surface area (Å²) in [6, 6.07) is 15.5. The number of nitrogens with one attached hydrogen (secondary N) is 2. The number of anilines is 5. The summed E-state index contributed by atoms with van der Waals surface area (Å²) in [5.41, 5.74) is 3.07. The molecule has 0 radical (unpaired) electrons. The molecule has 1 aliphatic heterocycles. The molecule has 1 fully saturated rings. The molecule has 0 amide bonds. The zero-order valence-corrected chi connectivity index (χ0v) is 17.6. The molecule has 8 nitrogen and oxygen atoms in total. The molecule has 31 heavy (non-hydrogen) atoms. The van der Waals surface area contributed by atoms with Gasteiger partial charge < -0.3 is 25.0 Å². The molecule has 0 spiro atoms. The minimum Gasteiger partial charge on any atom is -0.494 e. The molecule has 3 aromatic rings. The Bertz CT molecular complexity index is 1050. The average Bonchev–Trinajstić information content (AvgIpc) is 2.80. The summed E-state index contributed by atoms with van der Waals surface area (Å²) in [6.07, 6.45) is 1.53. The second-order valence-corrected chi connectivity index (χ2v) is 7.11. The van der Waals surface area contributed by atoms with E-state index in [1.165, 1.54) is 13.1 Å². The second-order valence-electron chi connectivity index (χ2n) is 7.11. The summed E-state index contributed by atoms with van der Waals surface area (Å²) >= 11 is 0. The lowest BCUT2D eigenvalue weighted by Crippen LogP contribution is -2.36. The first-order chi connectivity index (χ1) is 15.1. The number of Topliss-reactive ketones (excluding diaryl/α,β-unsaturated/α-hetero) is 1. The summed E-state index contributed by atoms with van der Waals surface area (Å²) in [5.74, 6) is 1.37. The van der Waals surface area contributed by atoms with Crippen LogP contribution < -0.4 is 20.3 Å². The monoisotopic (exact) mass is 419 g/mol. The molecule has 8 heteroatoms. The van der Waals surface area contributed by atoms with Crippen LogP contribution in [0.15, 0.2) is 54.7 Å². The summed E-state index contributed by atoms with van der Waals surface area (Å²) in [5, 5.41) is 6.40.